The minimum Gasteiger partial charge on any atom is -0.348 e. The van der Waals surface area contributed by atoms with Crippen LogP contribution in [0.5, 0.6) is 0 Å². The second kappa shape index (κ2) is 5.11. The Morgan fingerprint density at radius 2 is 1.86 bits per heavy atom. The summed E-state index contributed by atoms with van der Waals surface area (Å²) >= 11 is 0. The number of hydrogen-bond donors (Lipinski definition) is 2. The predicted octanol–water partition coefficient (Wildman–Crippen LogP) is 2.25. The first-order chi connectivity index (χ1) is 10.3. The normalized spacial score (nSPS) is 27.7. The lowest BCUT2D eigenvalue weighted by atomic mass is 9.99. The molecule has 3 heterocycles. The van der Waals surface area contributed by atoms with Gasteiger partial charge in [0.2, 0.25) is 0 Å². The minimum atomic E-state index is -0.0490. The summed E-state index contributed by atoms with van der Waals surface area (Å²) in [4.78, 5) is 16.9. The molecule has 4 rings (SSSR count). The van der Waals surface area contributed by atoms with Gasteiger partial charge >= 0.3 is 0 Å². The van der Waals surface area contributed by atoms with Crippen LogP contribution in [0.1, 0.15) is 36.2 Å². The van der Waals surface area contributed by atoms with E-state index in [-0.39, 0.29) is 11.9 Å². The Hall–Kier alpha value is -1.94. The molecular formula is C17H19N3O. The van der Waals surface area contributed by atoms with Crippen molar-refractivity contribution in [3.05, 3.63) is 42.1 Å². The van der Waals surface area contributed by atoms with Crippen LogP contribution in [-0.2, 0) is 0 Å². The third-order valence-electron chi connectivity index (χ3n) is 4.64. The zero-order valence-corrected chi connectivity index (χ0v) is 11.9. The Kier molecular flexibility index (Phi) is 3.11. The fraction of sp³-hybridized carbons (Fsp3) is 0.412. The van der Waals surface area contributed by atoms with E-state index in [0.29, 0.717) is 17.8 Å². The van der Waals surface area contributed by atoms with Crippen LogP contribution in [0.25, 0.3) is 10.9 Å². The average molecular weight is 281 g/mol. The molecule has 2 fully saturated rings. The number of piperidine rings is 1. The van der Waals surface area contributed by atoms with Crippen LogP contribution in [-0.4, -0.2) is 29.0 Å². The number of rotatable bonds is 2. The molecule has 2 bridgehead atoms. The number of nitrogens with one attached hydrogen (secondary N) is 2. The fourth-order valence-corrected chi connectivity index (χ4v) is 3.63. The second-order valence-electron chi connectivity index (χ2n) is 6.17. The number of amides is 1. The highest BCUT2D eigenvalue weighted by Gasteiger charge is 2.34. The average Bonchev–Trinajstić information content (AvgIpc) is 2.85. The number of hydrogen-bond acceptors (Lipinski definition) is 3. The van der Waals surface area contributed by atoms with Crippen LogP contribution >= 0.6 is 0 Å². The van der Waals surface area contributed by atoms with E-state index in [2.05, 4.69) is 15.6 Å². The van der Waals surface area contributed by atoms with Crippen molar-refractivity contribution in [2.75, 3.05) is 0 Å². The van der Waals surface area contributed by atoms with Gasteiger partial charge in [0.1, 0.15) is 5.69 Å². The van der Waals surface area contributed by atoms with Gasteiger partial charge in [0.15, 0.2) is 0 Å². The van der Waals surface area contributed by atoms with Crippen molar-refractivity contribution in [2.24, 2.45) is 0 Å². The highest BCUT2D eigenvalue weighted by molar-refractivity contribution is 5.95. The molecule has 0 spiro atoms. The van der Waals surface area contributed by atoms with Crippen molar-refractivity contribution in [3.63, 3.8) is 0 Å². The third kappa shape index (κ3) is 2.51. The molecule has 0 aliphatic carbocycles. The summed E-state index contributed by atoms with van der Waals surface area (Å²) in [6.45, 7) is 0. The van der Waals surface area contributed by atoms with Gasteiger partial charge in [0.25, 0.3) is 5.91 Å². The number of nitrogens with zero attached hydrogens (tertiary/aromatic N) is 1. The lowest BCUT2D eigenvalue weighted by molar-refractivity contribution is 0.0919. The molecular weight excluding hydrogens is 262 g/mol. The van der Waals surface area contributed by atoms with E-state index in [0.717, 1.165) is 23.7 Å². The minimum absolute atomic E-state index is 0.0490. The summed E-state index contributed by atoms with van der Waals surface area (Å²) in [6, 6.07) is 13.1. The Bertz CT molecular complexity index is 673. The number of benzene rings is 1. The van der Waals surface area contributed by atoms with Crippen molar-refractivity contribution in [2.45, 2.75) is 43.8 Å². The van der Waals surface area contributed by atoms with E-state index in [9.17, 15) is 4.79 Å². The maximum absolute atomic E-state index is 12.4. The molecule has 4 nitrogen and oxygen atoms in total. The lowest BCUT2D eigenvalue weighted by Crippen LogP contribution is -2.48. The third-order valence-corrected chi connectivity index (χ3v) is 4.64. The van der Waals surface area contributed by atoms with E-state index in [1.54, 1.807) is 0 Å². The van der Waals surface area contributed by atoms with Crippen molar-refractivity contribution < 1.29 is 4.79 Å². The molecule has 4 heteroatoms. The van der Waals surface area contributed by atoms with Crippen LogP contribution < -0.4 is 10.6 Å². The first-order valence-electron chi connectivity index (χ1n) is 7.70. The van der Waals surface area contributed by atoms with Crippen molar-refractivity contribution >= 4 is 16.8 Å². The molecule has 0 radical (unpaired) electrons. The first kappa shape index (κ1) is 12.8. The summed E-state index contributed by atoms with van der Waals surface area (Å²) in [7, 11) is 0. The summed E-state index contributed by atoms with van der Waals surface area (Å²) < 4.78 is 0. The quantitative estimate of drug-likeness (QED) is 0.887. The molecule has 2 atom stereocenters. The van der Waals surface area contributed by atoms with Crippen LogP contribution in [0.2, 0.25) is 0 Å². The molecule has 2 saturated heterocycles. The van der Waals surface area contributed by atoms with Crippen molar-refractivity contribution in [1.82, 2.24) is 15.6 Å². The van der Waals surface area contributed by atoms with Gasteiger partial charge in [0, 0.05) is 23.5 Å². The van der Waals surface area contributed by atoms with Crippen LogP contribution in [0.3, 0.4) is 0 Å². The predicted molar refractivity (Wildman–Crippen MR) is 82.2 cm³/mol. The number of carbonyl (C=O) groups is 1. The number of carbonyl (C=O) groups excluding carboxylic acids is 1. The molecule has 0 saturated carbocycles. The number of para-hydroxylation sites is 1. The zero-order chi connectivity index (χ0) is 14.2. The standard InChI is InChI=1S/C17H19N3O/c21-17(19-14-9-12-6-7-13(10-14)18-12)16-8-5-11-3-1-2-4-15(11)20-16/h1-5,8,12-14,18H,6-7,9-10H2,(H,19,21). The Balaban J connectivity index is 1.50. The molecule has 2 aliphatic heterocycles. The molecule has 2 N–H and O–H groups in total. The van der Waals surface area contributed by atoms with E-state index >= 15 is 0 Å². The highest BCUT2D eigenvalue weighted by Crippen LogP contribution is 2.26. The summed E-state index contributed by atoms with van der Waals surface area (Å²) in [5.74, 6) is -0.0490. The number of aromatic nitrogens is 1. The van der Waals surface area contributed by atoms with Crippen LogP contribution in [0.15, 0.2) is 36.4 Å². The Labute approximate surface area is 124 Å². The van der Waals surface area contributed by atoms with E-state index in [1.165, 1.54) is 12.8 Å². The Morgan fingerprint density at radius 1 is 1.10 bits per heavy atom. The molecule has 108 valence electrons. The molecule has 1 aromatic heterocycles. The number of pyridine rings is 1. The van der Waals surface area contributed by atoms with Crippen molar-refractivity contribution in [1.29, 1.82) is 0 Å². The monoisotopic (exact) mass is 281 g/mol. The van der Waals surface area contributed by atoms with Gasteiger partial charge in [0.05, 0.1) is 5.52 Å². The van der Waals surface area contributed by atoms with E-state index in [1.807, 2.05) is 36.4 Å². The molecule has 1 aromatic carbocycles. The van der Waals surface area contributed by atoms with Gasteiger partial charge in [-0.1, -0.05) is 24.3 Å². The number of fused-ring (bicyclic) bond motifs is 3. The molecule has 2 unspecified atom stereocenters. The maximum Gasteiger partial charge on any atom is 0.270 e. The van der Waals surface area contributed by atoms with Gasteiger partial charge in [-0.25, -0.2) is 4.98 Å². The Morgan fingerprint density at radius 3 is 2.67 bits per heavy atom. The molecule has 2 aromatic rings. The van der Waals surface area contributed by atoms with Gasteiger partial charge in [-0.2, -0.15) is 0 Å². The summed E-state index contributed by atoms with van der Waals surface area (Å²) in [5.41, 5.74) is 1.38. The molecule has 1 amide bonds. The van der Waals surface area contributed by atoms with Gasteiger partial charge in [-0.3, -0.25) is 4.79 Å². The van der Waals surface area contributed by atoms with E-state index in [4.69, 9.17) is 0 Å². The van der Waals surface area contributed by atoms with Gasteiger partial charge < -0.3 is 10.6 Å². The zero-order valence-electron chi connectivity index (χ0n) is 11.9. The summed E-state index contributed by atoms with van der Waals surface area (Å²) in [5, 5.41) is 7.81. The fourth-order valence-electron chi connectivity index (χ4n) is 3.63. The second-order valence-corrected chi connectivity index (χ2v) is 6.17. The maximum atomic E-state index is 12.4. The first-order valence-corrected chi connectivity index (χ1v) is 7.70. The largest absolute Gasteiger partial charge is 0.348 e. The molecule has 2 aliphatic rings. The van der Waals surface area contributed by atoms with Crippen molar-refractivity contribution in [3.8, 4) is 0 Å². The van der Waals surface area contributed by atoms with Crippen LogP contribution in [0.4, 0.5) is 0 Å². The highest BCUT2D eigenvalue weighted by atomic mass is 16.1. The molecule has 21 heavy (non-hydrogen) atoms. The van der Waals surface area contributed by atoms with Gasteiger partial charge in [-0.15, -0.1) is 0 Å². The topological polar surface area (TPSA) is 54.0 Å². The smallest absolute Gasteiger partial charge is 0.270 e. The van der Waals surface area contributed by atoms with Gasteiger partial charge in [-0.05, 0) is 37.8 Å². The SMILES string of the molecule is O=C(NC1CC2CCC(C1)N2)c1ccc2ccccc2n1. The van der Waals surface area contributed by atoms with E-state index < -0.39 is 0 Å². The van der Waals surface area contributed by atoms with Crippen LogP contribution in [0, 0.1) is 0 Å². The summed E-state index contributed by atoms with van der Waals surface area (Å²) in [6.07, 6.45) is 4.56. The lowest BCUT2D eigenvalue weighted by Gasteiger charge is -2.29.